The molecule has 0 aromatic heterocycles. The first-order chi connectivity index (χ1) is 11.5. The minimum absolute atomic E-state index is 0. The fourth-order valence-corrected chi connectivity index (χ4v) is 2.55. The van der Waals surface area contributed by atoms with Gasteiger partial charge < -0.3 is 10.2 Å². The number of carbonyl (C=O) groups excluding carboxylic acids is 2. The van der Waals surface area contributed by atoms with Crippen LogP contribution in [0.5, 0.6) is 11.5 Å². The van der Waals surface area contributed by atoms with Crippen molar-refractivity contribution in [3.8, 4) is 11.5 Å². The van der Waals surface area contributed by atoms with E-state index in [9.17, 15) is 19.8 Å². The summed E-state index contributed by atoms with van der Waals surface area (Å²) in [4.78, 5) is 26.0. The number of thiocarbonyl (C=S) groups is 1. The van der Waals surface area contributed by atoms with Crippen LogP contribution >= 0.6 is 12.2 Å². The van der Waals surface area contributed by atoms with Gasteiger partial charge >= 0.3 is 0 Å². The van der Waals surface area contributed by atoms with Crippen molar-refractivity contribution in [3.05, 3.63) is 59.7 Å². The van der Waals surface area contributed by atoms with E-state index in [-0.39, 0.29) is 29.6 Å². The second kappa shape index (κ2) is 7.14. The lowest BCUT2D eigenvalue weighted by molar-refractivity contribution is -0.122. The molecule has 1 heterocycles. The number of anilines is 1. The Kier molecular flexibility index (Phi) is 5.19. The van der Waals surface area contributed by atoms with Gasteiger partial charge in [-0.1, -0.05) is 31.7 Å². The Hall–Kier alpha value is -3.19. The molecule has 2 amide bonds. The largest absolute Gasteiger partial charge is 0.504 e. The molecule has 3 N–H and O–H groups in total. The molecule has 1 aliphatic heterocycles. The molecule has 0 radical (unpaired) electrons. The number of rotatable bonds is 2. The minimum atomic E-state index is -0.621. The summed E-state index contributed by atoms with van der Waals surface area (Å²) < 4.78 is 0. The van der Waals surface area contributed by atoms with Crippen LogP contribution in [0.2, 0.25) is 0 Å². The fraction of sp³-hybridized carbons (Fsp3) is 0.0556. The van der Waals surface area contributed by atoms with Gasteiger partial charge in [-0.2, -0.15) is 0 Å². The number of aromatic hydroxyl groups is 2. The molecule has 128 valence electrons. The van der Waals surface area contributed by atoms with Gasteiger partial charge in [-0.15, -0.1) is 0 Å². The summed E-state index contributed by atoms with van der Waals surface area (Å²) in [6, 6.07) is 12.7. The van der Waals surface area contributed by atoms with Crippen molar-refractivity contribution in [1.29, 1.82) is 0 Å². The van der Waals surface area contributed by atoms with Crippen LogP contribution in [0.25, 0.3) is 6.08 Å². The first-order valence-corrected chi connectivity index (χ1v) is 7.36. The van der Waals surface area contributed by atoms with Crippen LogP contribution in [0, 0.1) is 0 Å². The standard InChI is InChI=1S/C17H12N2O4S.CH4/c20-13-7-6-10(9-14(13)21)8-12-15(22)18-17(24)19(16(12)23)11-4-2-1-3-5-11;/h1-9,20-21H,(H,18,22,24);1H4/b12-8+;. The highest BCUT2D eigenvalue weighted by atomic mass is 32.1. The molecule has 6 nitrogen and oxygen atoms in total. The summed E-state index contributed by atoms with van der Waals surface area (Å²) in [5, 5.41) is 21.3. The van der Waals surface area contributed by atoms with E-state index in [1.165, 1.54) is 29.2 Å². The van der Waals surface area contributed by atoms with Crippen LogP contribution in [-0.4, -0.2) is 27.1 Å². The van der Waals surface area contributed by atoms with Gasteiger partial charge in [0.2, 0.25) is 0 Å². The molecular formula is C18H16N2O4S. The molecule has 0 unspecified atom stereocenters. The number of nitrogens with one attached hydrogen (secondary N) is 1. The number of phenols is 2. The van der Waals surface area contributed by atoms with Crippen molar-refractivity contribution >= 4 is 40.9 Å². The summed E-state index contributed by atoms with van der Waals surface area (Å²) in [6.45, 7) is 0. The molecular weight excluding hydrogens is 340 g/mol. The van der Waals surface area contributed by atoms with E-state index in [1.807, 2.05) is 0 Å². The Labute approximate surface area is 150 Å². The Balaban J connectivity index is 0.00000225. The van der Waals surface area contributed by atoms with Crippen LogP contribution in [0.3, 0.4) is 0 Å². The quantitative estimate of drug-likeness (QED) is 0.333. The third kappa shape index (κ3) is 3.51. The third-order valence-corrected chi connectivity index (χ3v) is 3.71. The highest BCUT2D eigenvalue weighted by molar-refractivity contribution is 7.80. The zero-order valence-electron chi connectivity index (χ0n) is 12.3. The van der Waals surface area contributed by atoms with E-state index in [1.54, 1.807) is 30.3 Å². The van der Waals surface area contributed by atoms with E-state index in [2.05, 4.69) is 5.32 Å². The zero-order valence-corrected chi connectivity index (χ0v) is 13.1. The van der Waals surface area contributed by atoms with Crippen LogP contribution in [0.1, 0.15) is 13.0 Å². The van der Waals surface area contributed by atoms with Gasteiger partial charge in [0.1, 0.15) is 5.57 Å². The Bertz CT molecular complexity index is 878. The van der Waals surface area contributed by atoms with Gasteiger partial charge in [-0.25, -0.2) is 0 Å². The van der Waals surface area contributed by atoms with Crippen LogP contribution in [0.15, 0.2) is 54.1 Å². The SMILES string of the molecule is C.O=C1NC(=S)N(c2ccccc2)C(=O)/C1=C/c1ccc(O)c(O)c1. The maximum absolute atomic E-state index is 12.7. The van der Waals surface area contributed by atoms with Crippen molar-refractivity contribution in [2.45, 2.75) is 7.43 Å². The second-order valence-corrected chi connectivity index (χ2v) is 5.43. The van der Waals surface area contributed by atoms with E-state index in [0.29, 0.717) is 11.3 Å². The van der Waals surface area contributed by atoms with Crippen molar-refractivity contribution in [2.75, 3.05) is 4.90 Å². The molecule has 2 aromatic rings. The molecule has 0 aliphatic carbocycles. The molecule has 1 saturated heterocycles. The maximum Gasteiger partial charge on any atom is 0.270 e. The maximum atomic E-state index is 12.7. The van der Waals surface area contributed by atoms with Crippen LogP contribution < -0.4 is 10.2 Å². The number of hydrogen-bond donors (Lipinski definition) is 3. The number of para-hydroxylation sites is 1. The number of benzene rings is 2. The molecule has 1 aliphatic rings. The normalized spacial score (nSPS) is 15.8. The van der Waals surface area contributed by atoms with Crippen LogP contribution in [0.4, 0.5) is 5.69 Å². The topological polar surface area (TPSA) is 89.9 Å². The zero-order chi connectivity index (χ0) is 17.3. The van der Waals surface area contributed by atoms with Gasteiger partial charge in [0.25, 0.3) is 11.8 Å². The first-order valence-electron chi connectivity index (χ1n) is 6.96. The van der Waals surface area contributed by atoms with Crippen molar-refractivity contribution < 1.29 is 19.8 Å². The van der Waals surface area contributed by atoms with E-state index in [0.717, 1.165) is 0 Å². The Morgan fingerprint density at radius 3 is 2.32 bits per heavy atom. The average molecular weight is 356 g/mol. The predicted octanol–water partition coefficient (Wildman–Crippen LogP) is 2.57. The lowest BCUT2D eigenvalue weighted by atomic mass is 10.1. The van der Waals surface area contributed by atoms with Gasteiger partial charge in [-0.3, -0.25) is 19.8 Å². The summed E-state index contributed by atoms with van der Waals surface area (Å²) in [7, 11) is 0. The van der Waals surface area contributed by atoms with E-state index < -0.39 is 11.8 Å². The second-order valence-electron chi connectivity index (χ2n) is 5.04. The first kappa shape index (κ1) is 18.2. The van der Waals surface area contributed by atoms with Gasteiger partial charge in [0.15, 0.2) is 16.6 Å². The summed E-state index contributed by atoms with van der Waals surface area (Å²) in [5.74, 6) is -1.82. The molecule has 1 fully saturated rings. The molecule has 0 atom stereocenters. The molecule has 3 rings (SSSR count). The summed E-state index contributed by atoms with van der Waals surface area (Å²) >= 11 is 5.09. The predicted molar refractivity (Wildman–Crippen MR) is 99.1 cm³/mol. The Morgan fingerprint density at radius 2 is 1.68 bits per heavy atom. The highest BCUT2D eigenvalue weighted by Crippen LogP contribution is 2.27. The van der Waals surface area contributed by atoms with Gasteiger partial charge in [-0.05, 0) is 48.1 Å². The molecule has 0 saturated carbocycles. The Morgan fingerprint density at radius 1 is 1.00 bits per heavy atom. The van der Waals surface area contributed by atoms with Crippen molar-refractivity contribution in [2.24, 2.45) is 0 Å². The number of phenolic OH excluding ortho intramolecular Hbond substituents is 2. The number of amides is 2. The molecule has 0 spiro atoms. The lowest BCUT2D eigenvalue weighted by Gasteiger charge is -2.28. The lowest BCUT2D eigenvalue weighted by Crippen LogP contribution is -2.54. The molecule has 7 heteroatoms. The monoisotopic (exact) mass is 356 g/mol. The average Bonchev–Trinajstić information content (AvgIpc) is 2.55. The van der Waals surface area contributed by atoms with Gasteiger partial charge in [0.05, 0.1) is 5.69 Å². The van der Waals surface area contributed by atoms with Crippen molar-refractivity contribution in [1.82, 2.24) is 5.32 Å². The molecule has 2 aromatic carbocycles. The number of carbonyl (C=O) groups is 2. The third-order valence-electron chi connectivity index (χ3n) is 3.43. The highest BCUT2D eigenvalue weighted by Gasteiger charge is 2.34. The minimum Gasteiger partial charge on any atom is -0.504 e. The number of nitrogens with zero attached hydrogens (tertiary/aromatic N) is 1. The van der Waals surface area contributed by atoms with Crippen molar-refractivity contribution in [3.63, 3.8) is 0 Å². The van der Waals surface area contributed by atoms with Gasteiger partial charge in [0, 0.05) is 0 Å². The summed E-state index contributed by atoms with van der Waals surface area (Å²) in [6.07, 6.45) is 1.33. The molecule has 25 heavy (non-hydrogen) atoms. The molecule has 0 bridgehead atoms. The van der Waals surface area contributed by atoms with E-state index in [4.69, 9.17) is 12.2 Å². The van der Waals surface area contributed by atoms with E-state index >= 15 is 0 Å². The van der Waals surface area contributed by atoms with Crippen LogP contribution in [-0.2, 0) is 9.59 Å². The number of hydrogen-bond acceptors (Lipinski definition) is 5. The fourth-order valence-electron chi connectivity index (χ4n) is 2.27. The summed E-state index contributed by atoms with van der Waals surface area (Å²) in [5.41, 5.74) is 0.800. The smallest absolute Gasteiger partial charge is 0.270 e.